The molecule has 0 N–H and O–H groups in total. The van der Waals surface area contributed by atoms with Gasteiger partial charge in [0.15, 0.2) is 0 Å². The van der Waals surface area contributed by atoms with Gasteiger partial charge in [-0.1, -0.05) is 0 Å². The third-order valence-corrected chi connectivity index (χ3v) is 1.49. The van der Waals surface area contributed by atoms with Gasteiger partial charge in [0, 0.05) is 0 Å². The average molecular weight is 327 g/mol. The third-order valence-electron chi connectivity index (χ3n) is 1.49. The van der Waals surface area contributed by atoms with Gasteiger partial charge in [-0.15, -0.1) is 0 Å². The average Bonchev–Trinajstić information content (AvgIpc) is 2.10. The van der Waals surface area contributed by atoms with Gasteiger partial charge >= 0.3 is 17.4 Å². The number of hydrogen-bond acceptors (Lipinski definition) is 6. The molecule has 0 aliphatic rings. The maximum Gasteiger partial charge on any atom is 3.00 e. The van der Waals surface area contributed by atoms with E-state index in [1.54, 1.807) is 0 Å². The Morgan fingerprint density at radius 2 is 0.500 bits per heavy atom. The predicted octanol–water partition coefficient (Wildman–Crippen LogP) is 1.28. The van der Waals surface area contributed by atoms with E-state index in [2.05, 4.69) is 0 Å². The van der Waals surface area contributed by atoms with Gasteiger partial charge in [-0.05, 0) is 41.5 Å². The summed E-state index contributed by atoms with van der Waals surface area (Å²) in [5.74, 6) is -0.375. The largest absolute Gasteiger partial charge is 3.00 e. The first-order valence-electron chi connectivity index (χ1n) is 6.35. The van der Waals surface area contributed by atoms with E-state index in [9.17, 15) is 28.8 Å². The summed E-state index contributed by atoms with van der Waals surface area (Å²) in [6.45, 7) is 8.42. The van der Waals surface area contributed by atoms with Gasteiger partial charge in [0.1, 0.15) is 34.7 Å². The van der Waals surface area contributed by atoms with Crippen molar-refractivity contribution in [2.24, 2.45) is 0 Å². The van der Waals surface area contributed by atoms with Gasteiger partial charge in [0.05, 0.1) is 19.3 Å². The smallest absolute Gasteiger partial charge is 0.300 e. The number of rotatable bonds is 6. The van der Waals surface area contributed by atoms with E-state index in [0.29, 0.717) is 0 Å². The number of hydrogen-bond donors (Lipinski definition) is 0. The van der Waals surface area contributed by atoms with Crippen molar-refractivity contribution in [2.75, 3.05) is 0 Å². The normalized spacial score (nSPS) is 7.91. The molecule has 0 radical (unpaired) electrons. The SMILES string of the molecule is CC(=O)CC(C)=O.CC(=O)CC(C)=O.CC(=O)CC(C)=O.[Al+3]. The molecule has 0 unspecified atom stereocenters. The maximum absolute atomic E-state index is 10.0. The summed E-state index contributed by atoms with van der Waals surface area (Å²) in [5.41, 5.74) is 0. The fourth-order valence-corrected chi connectivity index (χ4v) is 1.05. The Kier molecular flexibility index (Phi) is 22.9. The van der Waals surface area contributed by atoms with Crippen LogP contribution in [0.3, 0.4) is 0 Å². The number of carbonyl (C=O) groups excluding carboxylic acids is 6. The van der Waals surface area contributed by atoms with Crippen molar-refractivity contribution in [3.05, 3.63) is 0 Å². The van der Waals surface area contributed by atoms with E-state index in [1.807, 2.05) is 0 Å². The van der Waals surface area contributed by atoms with E-state index >= 15 is 0 Å². The van der Waals surface area contributed by atoms with Crippen LogP contribution >= 0.6 is 0 Å². The summed E-state index contributed by atoms with van der Waals surface area (Å²) in [4.78, 5) is 60.2. The molecule has 0 saturated heterocycles. The van der Waals surface area contributed by atoms with E-state index < -0.39 is 0 Å². The number of Topliss-reactive ketones (excluding diaryl/α,β-unsaturated/α-hetero) is 6. The summed E-state index contributed by atoms with van der Waals surface area (Å²) in [6.07, 6.45) is 0.250. The van der Waals surface area contributed by atoms with E-state index in [1.165, 1.54) is 41.5 Å². The van der Waals surface area contributed by atoms with Crippen molar-refractivity contribution < 1.29 is 28.8 Å². The van der Waals surface area contributed by atoms with Crippen molar-refractivity contribution in [1.29, 1.82) is 0 Å². The molecule has 22 heavy (non-hydrogen) atoms. The Bertz CT molecular complexity index is 314. The monoisotopic (exact) mass is 327 g/mol. The van der Waals surface area contributed by atoms with Crippen LogP contribution in [0.15, 0.2) is 0 Å². The van der Waals surface area contributed by atoms with Crippen molar-refractivity contribution in [2.45, 2.75) is 60.8 Å². The zero-order chi connectivity index (χ0) is 17.6. The van der Waals surface area contributed by atoms with Gasteiger partial charge in [-0.25, -0.2) is 0 Å². The summed E-state index contributed by atoms with van der Waals surface area (Å²) >= 11 is 0. The molecule has 0 saturated carbocycles. The van der Waals surface area contributed by atoms with Crippen molar-refractivity contribution in [3.8, 4) is 0 Å². The Labute approximate surface area is 142 Å². The van der Waals surface area contributed by atoms with Crippen molar-refractivity contribution in [1.82, 2.24) is 0 Å². The Morgan fingerprint density at radius 3 is 0.500 bits per heavy atom. The first kappa shape index (κ1) is 28.7. The molecule has 0 heterocycles. The van der Waals surface area contributed by atoms with Crippen LogP contribution in [0, 0.1) is 0 Å². The van der Waals surface area contributed by atoms with Gasteiger partial charge in [-0.2, -0.15) is 0 Å². The first-order chi connectivity index (χ1) is 9.38. The van der Waals surface area contributed by atoms with Gasteiger partial charge in [0.25, 0.3) is 0 Å². The standard InChI is InChI=1S/3C5H8O2.Al/c3*1-4(6)3-5(2)7;/h3*3H2,1-2H3;/q;;;+3. The summed E-state index contributed by atoms with van der Waals surface area (Å²) < 4.78 is 0. The summed E-state index contributed by atoms with van der Waals surface area (Å²) in [7, 11) is 0. The minimum absolute atomic E-state index is 0. The van der Waals surface area contributed by atoms with Crippen LogP contribution in [0.5, 0.6) is 0 Å². The van der Waals surface area contributed by atoms with Gasteiger partial charge in [0.2, 0.25) is 0 Å². The molecule has 6 nitrogen and oxygen atoms in total. The minimum atomic E-state index is -0.0625. The van der Waals surface area contributed by atoms with Crippen LogP contribution in [0.2, 0.25) is 0 Å². The predicted molar refractivity (Wildman–Crippen MR) is 83.7 cm³/mol. The second-order valence-electron chi connectivity index (χ2n) is 4.74. The molecule has 0 spiro atoms. The topological polar surface area (TPSA) is 102 Å². The molecular weight excluding hydrogens is 303 g/mol. The molecule has 0 aromatic rings. The fraction of sp³-hybridized carbons (Fsp3) is 0.600. The Hall–Kier alpha value is -1.45. The molecular formula is C15H24AlO6+3. The van der Waals surface area contributed by atoms with Crippen molar-refractivity contribution in [3.63, 3.8) is 0 Å². The molecule has 0 amide bonds. The molecule has 0 fully saturated rings. The minimum Gasteiger partial charge on any atom is -0.300 e. The Morgan fingerprint density at radius 1 is 0.409 bits per heavy atom. The molecule has 0 bridgehead atoms. The van der Waals surface area contributed by atoms with E-state index in [-0.39, 0.29) is 71.3 Å². The zero-order valence-corrected chi connectivity index (χ0v) is 15.3. The van der Waals surface area contributed by atoms with Gasteiger partial charge in [-0.3, -0.25) is 28.8 Å². The molecule has 0 aliphatic carbocycles. The number of ketones is 6. The van der Waals surface area contributed by atoms with Crippen LogP contribution in [-0.4, -0.2) is 52.1 Å². The summed E-state index contributed by atoms with van der Waals surface area (Å²) in [6, 6.07) is 0. The molecule has 0 aromatic heterocycles. The maximum atomic E-state index is 10.0. The van der Waals surface area contributed by atoms with E-state index in [4.69, 9.17) is 0 Å². The molecule has 0 aliphatic heterocycles. The quantitative estimate of drug-likeness (QED) is 0.538. The van der Waals surface area contributed by atoms with Crippen LogP contribution < -0.4 is 0 Å². The molecule has 7 heteroatoms. The second kappa shape index (κ2) is 17.6. The van der Waals surface area contributed by atoms with Crippen LogP contribution in [0.1, 0.15) is 60.8 Å². The third kappa shape index (κ3) is 51.3. The zero-order valence-electron chi connectivity index (χ0n) is 14.1. The molecule has 0 rings (SSSR count). The first-order valence-corrected chi connectivity index (χ1v) is 6.35. The van der Waals surface area contributed by atoms with Gasteiger partial charge < -0.3 is 0 Å². The Balaban J connectivity index is -0.000000108. The molecule has 120 valence electrons. The molecule has 0 atom stereocenters. The van der Waals surface area contributed by atoms with Crippen LogP contribution in [0.25, 0.3) is 0 Å². The van der Waals surface area contributed by atoms with Crippen LogP contribution in [0.4, 0.5) is 0 Å². The number of carbonyl (C=O) groups is 6. The van der Waals surface area contributed by atoms with Crippen LogP contribution in [-0.2, 0) is 28.8 Å². The summed E-state index contributed by atoms with van der Waals surface area (Å²) in [5, 5.41) is 0. The van der Waals surface area contributed by atoms with E-state index in [0.717, 1.165) is 0 Å². The molecule has 0 aromatic carbocycles. The fourth-order valence-electron chi connectivity index (χ4n) is 1.05. The van der Waals surface area contributed by atoms with Crippen molar-refractivity contribution >= 4 is 52.1 Å². The second-order valence-corrected chi connectivity index (χ2v) is 4.74.